The molecule has 132 valence electrons. The lowest BCUT2D eigenvalue weighted by Gasteiger charge is -2.14. The van der Waals surface area contributed by atoms with Gasteiger partial charge in [0.05, 0.1) is 28.4 Å². The Morgan fingerprint density at radius 2 is 1.40 bits per heavy atom. The lowest BCUT2D eigenvalue weighted by atomic mass is 9.97. The maximum absolute atomic E-state index is 12.8. The summed E-state index contributed by atoms with van der Waals surface area (Å²) in [4.78, 5) is 12.8. The smallest absolute Gasteiger partial charge is 0.203 e. The van der Waals surface area contributed by atoms with Crippen molar-refractivity contribution in [1.29, 1.82) is 0 Å². The molecule has 0 amide bonds. The van der Waals surface area contributed by atoms with E-state index in [2.05, 4.69) is 6.58 Å². The predicted molar refractivity (Wildman–Crippen MR) is 94.1 cm³/mol. The zero-order valence-electron chi connectivity index (χ0n) is 14.6. The number of benzene rings is 2. The summed E-state index contributed by atoms with van der Waals surface area (Å²) in [5.41, 5.74) is 1.03. The number of hydrogen-bond acceptors (Lipinski definition) is 6. The summed E-state index contributed by atoms with van der Waals surface area (Å²) in [6, 6.07) is 7.75. The molecular formula is C19H20O6. The number of phenolic OH excluding ortho intramolecular Hbond substituents is 1. The maximum atomic E-state index is 12.8. The molecule has 0 aliphatic carbocycles. The molecule has 1 N–H and O–H groups in total. The van der Waals surface area contributed by atoms with Crippen molar-refractivity contribution in [3.05, 3.63) is 48.0 Å². The molecule has 0 aromatic heterocycles. The summed E-state index contributed by atoms with van der Waals surface area (Å²) in [7, 11) is 5.88. The highest BCUT2D eigenvalue weighted by Crippen LogP contribution is 2.39. The van der Waals surface area contributed by atoms with Gasteiger partial charge < -0.3 is 24.1 Å². The fourth-order valence-corrected chi connectivity index (χ4v) is 2.40. The first-order valence-corrected chi connectivity index (χ1v) is 7.37. The quantitative estimate of drug-likeness (QED) is 0.613. The van der Waals surface area contributed by atoms with Crippen LogP contribution in [0.1, 0.15) is 15.9 Å². The first-order chi connectivity index (χ1) is 12.0. The number of ether oxygens (including phenoxy) is 4. The van der Waals surface area contributed by atoms with Crippen LogP contribution in [0, 0.1) is 0 Å². The number of carbonyl (C=O) groups excluding carboxylic acids is 1. The molecule has 0 saturated heterocycles. The van der Waals surface area contributed by atoms with Crippen LogP contribution >= 0.6 is 0 Å². The van der Waals surface area contributed by atoms with E-state index in [-0.39, 0.29) is 17.1 Å². The Morgan fingerprint density at radius 3 is 1.84 bits per heavy atom. The van der Waals surface area contributed by atoms with E-state index >= 15 is 0 Å². The standard InChI is InChI=1S/C19H20O6/c1-11(12-6-7-15(22-2)14(20)8-12)18(21)13-9-16(23-3)19(25-5)17(10-13)24-4/h6-10,20H,1H2,2-5H3. The second-order valence-corrected chi connectivity index (χ2v) is 5.11. The van der Waals surface area contributed by atoms with Gasteiger partial charge in [-0.2, -0.15) is 0 Å². The second kappa shape index (κ2) is 7.61. The lowest BCUT2D eigenvalue weighted by Crippen LogP contribution is -2.04. The van der Waals surface area contributed by atoms with E-state index in [9.17, 15) is 9.90 Å². The van der Waals surface area contributed by atoms with Gasteiger partial charge in [-0.3, -0.25) is 4.79 Å². The fourth-order valence-electron chi connectivity index (χ4n) is 2.40. The molecule has 2 aromatic rings. The molecule has 6 heteroatoms. The number of aromatic hydroxyl groups is 1. The molecule has 25 heavy (non-hydrogen) atoms. The molecule has 6 nitrogen and oxygen atoms in total. The Morgan fingerprint density at radius 1 is 0.840 bits per heavy atom. The van der Waals surface area contributed by atoms with Crippen molar-refractivity contribution in [2.24, 2.45) is 0 Å². The van der Waals surface area contributed by atoms with Gasteiger partial charge in [0.1, 0.15) is 0 Å². The minimum absolute atomic E-state index is 0.0705. The highest BCUT2D eigenvalue weighted by molar-refractivity contribution is 6.28. The second-order valence-electron chi connectivity index (χ2n) is 5.11. The topological polar surface area (TPSA) is 74.2 Å². The minimum atomic E-state index is -0.330. The molecule has 0 bridgehead atoms. The normalized spacial score (nSPS) is 10.1. The summed E-state index contributed by atoms with van der Waals surface area (Å²) < 4.78 is 20.8. The number of methoxy groups -OCH3 is 4. The summed E-state index contributed by atoms with van der Waals surface area (Å²) in [5.74, 6) is 1.06. The molecule has 0 unspecified atom stereocenters. The number of carbonyl (C=O) groups is 1. The van der Waals surface area contributed by atoms with Gasteiger partial charge in [0.15, 0.2) is 28.8 Å². The van der Waals surface area contributed by atoms with E-state index in [1.54, 1.807) is 24.3 Å². The monoisotopic (exact) mass is 344 g/mol. The van der Waals surface area contributed by atoms with Crippen LogP contribution in [-0.2, 0) is 0 Å². The van der Waals surface area contributed by atoms with Crippen LogP contribution in [0.5, 0.6) is 28.7 Å². The Balaban J connectivity index is 2.43. The summed E-state index contributed by atoms with van der Waals surface area (Å²) in [6.45, 7) is 3.84. The lowest BCUT2D eigenvalue weighted by molar-refractivity contribution is 0.105. The van der Waals surface area contributed by atoms with E-state index < -0.39 is 0 Å². The zero-order chi connectivity index (χ0) is 18.6. The molecule has 2 aromatic carbocycles. The maximum Gasteiger partial charge on any atom is 0.203 e. The Kier molecular flexibility index (Phi) is 5.54. The summed E-state index contributed by atoms with van der Waals surface area (Å²) >= 11 is 0. The molecular weight excluding hydrogens is 324 g/mol. The van der Waals surface area contributed by atoms with Gasteiger partial charge in [0.25, 0.3) is 0 Å². The number of Topliss-reactive ketones (excluding diaryl/α,β-unsaturated/α-hetero) is 1. The van der Waals surface area contributed by atoms with Crippen LogP contribution in [0.4, 0.5) is 0 Å². The summed E-state index contributed by atoms with van der Waals surface area (Å²) in [5, 5.41) is 9.89. The van der Waals surface area contributed by atoms with Crippen molar-refractivity contribution < 1.29 is 28.8 Å². The van der Waals surface area contributed by atoms with Crippen molar-refractivity contribution >= 4 is 11.4 Å². The highest BCUT2D eigenvalue weighted by atomic mass is 16.5. The van der Waals surface area contributed by atoms with Crippen LogP contribution in [0.2, 0.25) is 0 Å². The van der Waals surface area contributed by atoms with Crippen molar-refractivity contribution in [2.45, 2.75) is 0 Å². The van der Waals surface area contributed by atoms with Crippen LogP contribution < -0.4 is 18.9 Å². The first-order valence-electron chi connectivity index (χ1n) is 7.37. The van der Waals surface area contributed by atoms with E-state index in [0.29, 0.717) is 34.1 Å². The van der Waals surface area contributed by atoms with E-state index in [1.165, 1.54) is 34.5 Å². The van der Waals surface area contributed by atoms with Gasteiger partial charge in [-0.25, -0.2) is 0 Å². The third-order valence-electron chi connectivity index (χ3n) is 3.73. The van der Waals surface area contributed by atoms with Gasteiger partial charge in [-0.05, 0) is 29.8 Å². The van der Waals surface area contributed by atoms with Gasteiger partial charge in [-0.15, -0.1) is 0 Å². The first kappa shape index (κ1) is 18.2. The number of ketones is 1. The molecule has 0 aliphatic rings. The van der Waals surface area contributed by atoms with Crippen LogP contribution in [0.15, 0.2) is 36.9 Å². The molecule has 0 atom stereocenters. The molecule has 2 rings (SSSR count). The minimum Gasteiger partial charge on any atom is -0.504 e. The third kappa shape index (κ3) is 3.52. The molecule has 0 aliphatic heterocycles. The molecule has 0 fully saturated rings. The molecule has 0 saturated carbocycles. The third-order valence-corrected chi connectivity index (χ3v) is 3.73. The van der Waals surface area contributed by atoms with E-state index in [1.807, 2.05) is 0 Å². The van der Waals surface area contributed by atoms with Crippen molar-refractivity contribution in [3.8, 4) is 28.7 Å². The fraction of sp³-hybridized carbons (Fsp3) is 0.211. The molecule has 0 spiro atoms. The van der Waals surface area contributed by atoms with Crippen LogP contribution in [-0.4, -0.2) is 39.3 Å². The SMILES string of the molecule is C=C(C(=O)c1cc(OC)c(OC)c(OC)c1)c1ccc(OC)c(O)c1. The van der Waals surface area contributed by atoms with Gasteiger partial charge >= 0.3 is 0 Å². The van der Waals surface area contributed by atoms with Crippen LogP contribution in [0.25, 0.3) is 5.57 Å². The summed E-state index contributed by atoms with van der Waals surface area (Å²) in [6.07, 6.45) is 0. The Hall–Kier alpha value is -3.15. The average molecular weight is 344 g/mol. The van der Waals surface area contributed by atoms with Crippen LogP contribution in [0.3, 0.4) is 0 Å². The number of rotatable bonds is 7. The van der Waals surface area contributed by atoms with Gasteiger partial charge in [0.2, 0.25) is 5.75 Å². The number of hydrogen-bond donors (Lipinski definition) is 1. The molecule has 0 heterocycles. The Bertz CT molecular complexity index is 785. The zero-order valence-corrected chi connectivity index (χ0v) is 14.6. The van der Waals surface area contributed by atoms with Gasteiger partial charge in [-0.1, -0.05) is 12.6 Å². The van der Waals surface area contributed by atoms with Crippen molar-refractivity contribution in [3.63, 3.8) is 0 Å². The highest BCUT2D eigenvalue weighted by Gasteiger charge is 2.20. The number of allylic oxidation sites excluding steroid dienone is 1. The average Bonchev–Trinajstić information content (AvgIpc) is 2.65. The largest absolute Gasteiger partial charge is 0.504 e. The van der Waals surface area contributed by atoms with Crippen molar-refractivity contribution in [1.82, 2.24) is 0 Å². The van der Waals surface area contributed by atoms with E-state index in [4.69, 9.17) is 18.9 Å². The van der Waals surface area contributed by atoms with Gasteiger partial charge in [0, 0.05) is 11.1 Å². The number of phenols is 1. The Labute approximate surface area is 146 Å². The van der Waals surface area contributed by atoms with Crippen molar-refractivity contribution in [2.75, 3.05) is 28.4 Å². The van der Waals surface area contributed by atoms with E-state index in [0.717, 1.165) is 0 Å². The predicted octanol–water partition coefficient (Wildman–Crippen LogP) is 3.32. The molecule has 0 radical (unpaired) electrons.